The van der Waals surface area contributed by atoms with Crippen LogP contribution in [-0.4, -0.2) is 17.2 Å². The molecular formula is C21H16ClFN2O2. The van der Waals surface area contributed by atoms with Crippen molar-refractivity contribution in [1.29, 1.82) is 0 Å². The summed E-state index contributed by atoms with van der Waals surface area (Å²) in [5.74, 6) is -0.856. The quantitative estimate of drug-likeness (QED) is 0.502. The minimum Gasteiger partial charge on any atom is -0.507 e. The van der Waals surface area contributed by atoms with Crippen LogP contribution in [0.3, 0.4) is 0 Å². The molecule has 0 atom stereocenters. The van der Waals surface area contributed by atoms with Crippen molar-refractivity contribution in [3.63, 3.8) is 0 Å². The smallest absolute Gasteiger partial charge is 0.271 e. The maximum atomic E-state index is 12.9. The largest absolute Gasteiger partial charge is 0.507 e. The number of carbonyl (C=O) groups is 1. The molecule has 0 bridgehead atoms. The molecular weight excluding hydrogens is 367 g/mol. The number of benzene rings is 3. The number of phenols is 1. The van der Waals surface area contributed by atoms with E-state index in [4.69, 9.17) is 11.6 Å². The van der Waals surface area contributed by atoms with Gasteiger partial charge in [0.25, 0.3) is 5.91 Å². The van der Waals surface area contributed by atoms with E-state index in [1.165, 1.54) is 30.5 Å². The van der Waals surface area contributed by atoms with Crippen LogP contribution in [0.25, 0.3) is 0 Å². The highest BCUT2D eigenvalue weighted by Crippen LogP contribution is 2.22. The fraction of sp³-hybridized carbons (Fsp3) is 0.0476. The monoisotopic (exact) mass is 382 g/mol. The number of hydrogen-bond donors (Lipinski definition) is 2. The molecule has 0 aromatic heterocycles. The van der Waals surface area contributed by atoms with Gasteiger partial charge in [-0.25, -0.2) is 9.82 Å². The van der Waals surface area contributed by atoms with Crippen LogP contribution in [0.5, 0.6) is 5.75 Å². The van der Waals surface area contributed by atoms with Crippen molar-refractivity contribution in [2.24, 2.45) is 5.10 Å². The highest BCUT2D eigenvalue weighted by atomic mass is 35.5. The number of nitrogens with zero attached hydrogens (tertiary/aromatic N) is 1. The molecule has 27 heavy (non-hydrogen) atoms. The third-order valence-electron chi connectivity index (χ3n) is 3.92. The van der Waals surface area contributed by atoms with Gasteiger partial charge in [-0.15, -0.1) is 0 Å². The van der Waals surface area contributed by atoms with Gasteiger partial charge in [-0.05, 0) is 60.0 Å². The number of halogens is 2. The third-order valence-corrected chi connectivity index (χ3v) is 4.29. The Hall–Kier alpha value is -3.18. The normalized spacial score (nSPS) is 10.9. The lowest BCUT2D eigenvalue weighted by atomic mass is 10.0. The van der Waals surface area contributed by atoms with Gasteiger partial charge < -0.3 is 5.11 Å². The zero-order valence-corrected chi connectivity index (χ0v) is 14.9. The van der Waals surface area contributed by atoms with Crippen molar-refractivity contribution >= 4 is 23.7 Å². The number of nitrogens with one attached hydrogen (secondary N) is 1. The van der Waals surface area contributed by atoms with Crippen LogP contribution in [0.1, 0.15) is 27.0 Å². The van der Waals surface area contributed by atoms with Crippen LogP contribution in [0, 0.1) is 5.82 Å². The Kier molecular flexibility index (Phi) is 5.84. The van der Waals surface area contributed by atoms with Gasteiger partial charge in [0.05, 0.1) is 6.21 Å². The molecule has 3 aromatic rings. The fourth-order valence-corrected chi connectivity index (χ4v) is 2.71. The molecule has 0 fully saturated rings. The van der Waals surface area contributed by atoms with Crippen LogP contribution >= 0.6 is 11.6 Å². The van der Waals surface area contributed by atoms with Crippen molar-refractivity contribution in [1.82, 2.24) is 5.43 Å². The summed E-state index contributed by atoms with van der Waals surface area (Å²) in [5, 5.41) is 14.5. The molecule has 3 rings (SSSR count). The molecule has 136 valence electrons. The van der Waals surface area contributed by atoms with Gasteiger partial charge >= 0.3 is 0 Å². The van der Waals surface area contributed by atoms with E-state index >= 15 is 0 Å². The zero-order chi connectivity index (χ0) is 19.2. The SMILES string of the molecule is O=C(NN=Cc1cc(Cc2ccccc2Cl)ccc1O)c1ccc(F)cc1. The van der Waals surface area contributed by atoms with Gasteiger partial charge in [-0.3, -0.25) is 4.79 Å². The maximum absolute atomic E-state index is 12.9. The van der Waals surface area contributed by atoms with Crippen LogP contribution in [0.15, 0.2) is 71.8 Å². The molecule has 4 nitrogen and oxygen atoms in total. The van der Waals surface area contributed by atoms with E-state index < -0.39 is 11.7 Å². The van der Waals surface area contributed by atoms with E-state index in [9.17, 15) is 14.3 Å². The van der Waals surface area contributed by atoms with E-state index in [2.05, 4.69) is 10.5 Å². The number of rotatable bonds is 5. The van der Waals surface area contributed by atoms with Gasteiger partial charge in [0.2, 0.25) is 0 Å². The van der Waals surface area contributed by atoms with Crippen molar-refractivity contribution in [3.05, 3.63) is 99.8 Å². The van der Waals surface area contributed by atoms with Crippen LogP contribution in [0.4, 0.5) is 4.39 Å². The van der Waals surface area contributed by atoms with Crippen LogP contribution in [-0.2, 0) is 6.42 Å². The molecule has 0 saturated carbocycles. The molecule has 0 heterocycles. The van der Waals surface area contributed by atoms with Crippen LogP contribution in [0.2, 0.25) is 5.02 Å². The minimum atomic E-state index is -0.474. The van der Waals surface area contributed by atoms with E-state index in [1.807, 2.05) is 24.3 Å². The van der Waals surface area contributed by atoms with Crippen molar-refractivity contribution in [2.75, 3.05) is 0 Å². The topological polar surface area (TPSA) is 61.7 Å². The Morgan fingerprint density at radius 3 is 2.59 bits per heavy atom. The predicted octanol–water partition coefficient (Wildman–Crippen LogP) is 4.54. The molecule has 2 N–H and O–H groups in total. The van der Waals surface area contributed by atoms with E-state index in [0.29, 0.717) is 17.0 Å². The van der Waals surface area contributed by atoms with E-state index in [1.54, 1.807) is 18.2 Å². The maximum Gasteiger partial charge on any atom is 0.271 e. The van der Waals surface area contributed by atoms with Gasteiger partial charge in [0, 0.05) is 16.1 Å². The highest BCUT2D eigenvalue weighted by molar-refractivity contribution is 6.31. The van der Waals surface area contributed by atoms with Gasteiger partial charge in [-0.2, -0.15) is 5.10 Å². The summed E-state index contributed by atoms with van der Waals surface area (Å²) in [6.07, 6.45) is 1.95. The first-order chi connectivity index (χ1) is 13.0. The molecule has 0 spiro atoms. The number of aromatic hydroxyl groups is 1. The van der Waals surface area contributed by atoms with Crippen molar-refractivity contribution in [2.45, 2.75) is 6.42 Å². The lowest BCUT2D eigenvalue weighted by Gasteiger charge is -2.07. The number of amides is 1. The summed E-state index contributed by atoms with van der Waals surface area (Å²) in [6.45, 7) is 0. The highest BCUT2D eigenvalue weighted by Gasteiger charge is 2.06. The molecule has 0 saturated heterocycles. The van der Waals surface area contributed by atoms with Crippen molar-refractivity contribution in [3.8, 4) is 5.75 Å². The predicted molar refractivity (Wildman–Crippen MR) is 104 cm³/mol. The number of phenolic OH excluding ortho intramolecular Hbond substituents is 1. The molecule has 3 aromatic carbocycles. The second kappa shape index (κ2) is 8.47. The Labute approximate surface area is 160 Å². The molecule has 6 heteroatoms. The van der Waals surface area contributed by atoms with Gasteiger partial charge in [0.15, 0.2) is 0 Å². The van der Waals surface area contributed by atoms with Crippen molar-refractivity contribution < 1.29 is 14.3 Å². The number of hydrazone groups is 1. The second-order valence-electron chi connectivity index (χ2n) is 5.87. The minimum absolute atomic E-state index is 0.0395. The summed E-state index contributed by atoms with van der Waals surface area (Å²) in [7, 11) is 0. The Balaban J connectivity index is 1.70. The molecule has 0 aliphatic carbocycles. The summed E-state index contributed by atoms with van der Waals surface area (Å²) in [6, 6.07) is 17.8. The molecule has 0 radical (unpaired) electrons. The first-order valence-corrected chi connectivity index (χ1v) is 8.55. The summed E-state index contributed by atoms with van der Waals surface area (Å²) < 4.78 is 12.9. The summed E-state index contributed by atoms with van der Waals surface area (Å²) in [4.78, 5) is 12.0. The molecule has 1 amide bonds. The third kappa shape index (κ3) is 4.92. The fourth-order valence-electron chi connectivity index (χ4n) is 2.51. The van der Waals surface area contributed by atoms with E-state index in [-0.39, 0.29) is 11.3 Å². The Bertz CT molecular complexity index is 988. The Morgan fingerprint density at radius 1 is 1.11 bits per heavy atom. The van der Waals surface area contributed by atoms with Gasteiger partial charge in [0.1, 0.15) is 11.6 Å². The average molecular weight is 383 g/mol. The molecule has 0 aliphatic heterocycles. The second-order valence-corrected chi connectivity index (χ2v) is 6.27. The summed E-state index contributed by atoms with van der Waals surface area (Å²) >= 11 is 6.18. The standard InChI is InChI=1S/C21H16ClFN2O2/c22-19-4-2-1-3-16(19)11-14-5-10-20(26)17(12-14)13-24-25-21(27)15-6-8-18(23)9-7-15/h1-10,12-13,26H,11H2,(H,25,27). The lowest BCUT2D eigenvalue weighted by molar-refractivity contribution is 0.0955. The molecule has 0 aliphatic rings. The first kappa shape index (κ1) is 18.6. The Morgan fingerprint density at radius 2 is 1.85 bits per heavy atom. The number of hydrogen-bond acceptors (Lipinski definition) is 3. The van der Waals surface area contributed by atoms with E-state index in [0.717, 1.165) is 11.1 Å². The van der Waals surface area contributed by atoms with Crippen LogP contribution < -0.4 is 5.43 Å². The zero-order valence-electron chi connectivity index (χ0n) is 14.2. The van der Waals surface area contributed by atoms with Gasteiger partial charge in [-0.1, -0.05) is 35.9 Å². The first-order valence-electron chi connectivity index (χ1n) is 8.17. The molecule has 0 unspecified atom stereocenters. The average Bonchev–Trinajstić information content (AvgIpc) is 2.66. The summed E-state index contributed by atoms with van der Waals surface area (Å²) in [5.41, 5.74) is 5.00. The lowest BCUT2D eigenvalue weighted by Crippen LogP contribution is -2.17. The number of carbonyl (C=O) groups excluding carboxylic acids is 1.